The van der Waals surface area contributed by atoms with Gasteiger partial charge in [-0.3, -0.25) is 9.88 Å². The monoisotopic (exact) mass is 272 g/mol. The van der Waals surface area contributed by atoms with Crippen LogP contribution in [0.15, 0.2) is 28.9 Å². The number of likely N-dealkylation sites (N-methyl/N-ethyl adjacent to an activating group) is 1. The Morgan fingerprint density at radius 3 is 3.00 bits per heavy atom. The molecule has 0 atom stereocenters. The van der Waals surface area contributed by atoms with E-state index in [1.54, 1.807) is 0 Å². The Balaban J connectivity index is 1.45. The van der Waals surface area contributed by atoms with Gasteiger partial charge in [0.25, 0.3) is 0 Å². The largest absolute Gasteiger partial charge is 0.338 e. The van der Waals surface area contributed by atoms with E-state index in [0.29, 0.717) is 12.4 Å². The Morgan fingerprint density at radius 1 is 1.35 bits per heavy atom. The quantitative estimate of drug-likeness (QED) is 0.772. The number of hydrogen-bond donors (Lipinski definition) is 0. The first-order chi connectivity index (χ1) is 9.79. The van der Waals surface area contributed by atoms with Crippen LogP contribution in [0.3, 0.4) is 0 Å². The van der Waals surface area contributed by atoms with Crippen molar-refractivity contribution in [2.45, 2.75) is 32.2 Å². The second-order valence-corrected chi connectivity index (χ2v) is 5.56. The highest BCUT2D eigenvalue weighted by atomic mass is 16.5. The molecule has 0 spiro atoms. The molecule has 0 bridgehead atoms. The minimum Gasteiger partial charge on any atom is -0.338 e. The molecule has 1 aliphatic rings. The van der Waals surface area contributed by atoms with Crippen molar-refractivity contribution in [3.63, 3.8) is 0 Å². The van der Waals surface area contributed by atoms with E-state index in [9.17, 15) is 0 Å². The van der Waals surface area contributed by atoms with E-state index >= 15 is 0 Å². The van der Waals surface area contributed by atoms with Crippen molar-refractivity contribution in [3.05, 3.63) is 41.8 Å². The average molecular weight is 272 g/mol. The van der Waals surface area contributed by atoms with E-state index in [1.165, 1.54) is 12.8 Å². The number of aromatic nitrogens is 3. The molecule has 0 amide bonds. The number of rotatable bonds is 7. The van der Waals surface area contributed by atoms with E-state index in [1.807, 2.05) is 24.4 Å². The lowest BCUT2D eigenvalue weighted by molar-refractivity contribution is 0.268. The van der Waals surface area contributed by atoms with Crippen molar-refractivity contribution < 1.29 is 4.52 Å². The van der Waals surface area contributed by atoms with Gasteiger partial charge in [0.1, 0.15) is 0 Å². The van der Waals surface area contributed by atoms with Crippen molar-refractivity contribution in [2.75, 3.05) is 13.6 Å². The highest BCUT2D eigenvalue weighted by Gasteiger charge is 2.24. The van der Waals surface area contributed by atoms with Crippen LogP contribution >= 0.6 is 0 Å². The summed E-state index contributed by atoms with van der Waals surface area (Å²) in [7, 11) is 2.06. The van der Waals surface area contributed by atoms with Crippen LogP contribution in [-0.2, 0) is 19.4 Å². The lowest BCUT2D eigenvalue weighted by Gasteiger charge is -2.13. The van der Waals surface area contributed by atoms with Crippen LogP contribution in [0.5, 0.6) is 0 Å². The van der Waals surface area contributed by atoms with E-state index < -0.39 is 0 Å². The maximum absolute atomic E-state index is 5.30. The topological polar surface area (TPSA) is 55.1 Å². The van der Waals surface area contributed by atoms with Crippen molar-refractivity contribution >= 4 is 0 Å². The molecule has 20 heavy (non-hydrogen) atoms. The molecule has 0 aliphatic heterocycles. The van der Waals surface area contributed by atoms with Gasteiger partial charge in [0.2, 0.25) is 5.89 Å². The van der Waals surface area contributed by atoms with Crippen molar-refractivity contribution in [1.29, 1.82) is 0 Å². The molecule has 0 radical (unpaired) electrons. The fraction of sp³-hybridized carbons (Fsp3) is 0.533. The maximum Gasteiger partial charge on any atom is 0.240 e. The van der Waals surface area contributed by atoms with Gasteiger partial charge in [0, 0.05) is 31.3 Å². The molecular weight excluding hydrogens is 252 g/mol. The molecule has 0 saturated heterocycles. The van der Waals surface area contributed by atoms with Crippen LogP contribution in [0.1, 0.15) is 30.3 Å². The number of hydrogen-bond acceptors (Lipinski definition) is 5. The Labute approximate surface area is 119 Å². The summed E-state index contributed by atoms with van der Waals surface area (Å²) >= 11 is 0. The zero-order valence-corrected chi connectivity index (χ0v) is 11.8. The van der Waals surface area contributed by atoms with Gasteiger partial charge in [0.05, 0.1) is 6.54 Å². The summed E-state index contributed by atoms with van der Waals surface area (Å²) in [6.45, 7) is 1.63. The zero-order chi connectivity index (χ0) is 13.8. The van der Waals surface area contributed by atoms with Gasteiger partial charge in [-0.05, 0) is 37.9 Å². The predicted octanol–water partition coefficient (Wildman–Crippen LogP) is 2.09. The lowest BCUT2D eigenvalue weighted by atomic mass is 10.2. The maximum atomic E-state index is 5.30. The molecule has 0 unspecified atom stereocenters. The minimum absolute atomic E-state index is 0.699. The van der Waals surface area contributed by atoms with Gasteiger partial charge in [-0.1, -0.05) is 11.2 Å². The standard InChI is InChI=1S/C15H20N4O/c1-19(9-7-13-4-2-3-8-16-13)11-15-17-14(18-20-15)10-12-5-6-12/h2-4,8,12H,5-7,9-11H2,1H3. The Bertz CT molecular complexity index is 536. The number of nitrogens with zero attached hydrogens (tertiary/aromatic N) is 4. The Hall–Kier alpha value is -1.75. The molecule has 2 heterocycles. The van der Waals surface area contributed by atoms with Gasteiger partial charge >= 0.3 is 0 Å². The summed E-state index contributed by atoms with van der Waals surface area (Å²) in [6.07, 6.45) is 6.36. The number of pyridine rings is 1. The smallest absolute Gasteiger partial charge is 0.240 e. The summed E-state index contributed by atoms with van der Waals surface area (Å²) in [4.78, 5) is 11.0. The van der Waals surface area contributed by atoms with Crippen LogP contribution in [0, 0.1) is 5.92 Å². The molecule has 0 aromatic carbocycles. The molecule has 0 N–H and O–H groups in total. The SMILES string of the molecule is CN(CCc1ccccn1)Cc1nc(CC2CC2)no1. The molecule has 106 valence electrons. The molecule has 1 saturated carbocycles. The predicted molar refractivity (Wildman–Crippen MR) is 75.0 cm³/mol. The fourth-order valence-corrected chi connectivity index (χ4v) is 2.18. The molecule has 1 fully saturated rings. The third-order valence-corrected chi connectivity index (χ3v) is 3.56. The summed E-state index contributed by atoms with van der Waals surface area (Å²) in [5.41, 5.74) is 1.11. The Kier molecular flexibility index (Phi) is 4.06. The summed E-state index contributed by atoms with van der Waals surface area (Å²) < 4.78 is 5.30. The van der Waals surface area contributed by atoms with Crippen molar-refractivity contribution in [1.82, 2.24) is 20.0 Å². The lowest BCUT2D eigenvalue weighted by Crippen LogP contribution is -2.21. The van der Waals surface area contributed by atoms with E-state index in [4.69, 9.17) is 4.52 Å². The van der Waals surface area contributed by atoms with E-state index in [-0.39, 0.29) is 0 Å². The van der Waals surface area contributed by atoms with Crippen LogP contribution in [0.25, 0.3) is 0 Å². The normalized spacial score (nSPS) is 14.9. The summed E-state index contributed by atoms with van der Waals surface area (Å²) in [5, 5.41) is 4.04. The van der Waals surface area contributed by atoms with Gasteiger partial charge in [-0.25, -0.2) is 0 Å². The minimum atomic E-state index is 0.699. The molecule has 1 aliphatic carbocycles. The highest BCUT2D eigenvalue weighted by Crippen LogP contribution is 2.31. The van der Waals surface area contributed by atoms with E-state index in [0.717, 1.165) is 36.8 Å². The van der Waals surface area contributed by atoms with Gasteiger partial charge in [-0.15, -0.1) is 0 Å². The van der Waals surface area contributed by atoms with Crippen LogP contribution in [0.2, 0.25) is 0 Å². The van der Waals surface area contributed by atoms with Crippen LogP contribution in [0.4, 0.5) is 0 Å². The molecule has 5 heteroatoms. The first-order valence-electron chi connectivity index (χ1n) is 7.19. The van der Waals surface area contributed by atoms with Gasteiger partial charge < -0.3 is 4.52 Å². The first kappa shape index (κ1) is 13.2. The third-order valence-electron chi connectivity index (χ3n) is 3.56. The van der Waals surface area contributed by atoms with Gasteiger partial charge in [0.15, 0.2) is 5.82 Å². The molecule has 2 aromatic heterocycles. The average Bonchev–Trinajstić information content (AvgIpc) is 3.17. The molecule has 2 aromatic rings. The summed E-state index contributed by atoms with van der Waals surface area (Å²) in [5.74, 6) is 2.37. The second kappa shape index (κ2) is 6.13. The molecule has 5 nitrogen and oxygen atoms in total. The zero-order valence-electron chi connectivity index (χ0n) is 11.8. The Morgan fingerprint density at radius 2 is 2.25 bits per heavy atom. The van der Waals surface area contributed by atoms with Crippen LogP contribution in [-0.4, -0.2) is 33.6 Å². The third kappa shape index (κ3) is 3.87. The highest BCUT2D eigenvalue weighted by molar-refractivity contribution is 5.03. The van der Waals surface area contributed by atoms with Crippen LogP contribution < -0.4 is 0 Å². The van der Waals surface area contributed by atoms with Crippen molar-refractivity contribution in [3.8, 4) is 0 Å². The van der Waals surface area contributed by atoms with Crippen molar-refractivity contribution in [2.24, 2.45) is 5.92 Å². The van der Waals surface area contributed by atoms with Gasteiger partial charge in [-0.2, -0.15) is 4.98 Å². The van der Waals surface area contributed by atoms with E-state index in [2.05, 4.69) is 27.1 Å². The molecule has 3 rings (SSSR count). The first-order valence-corrected chi connectivity index (χ1v) is 7.19. The fourth-order valence-electron chi connectivity index (χ4n) is 2.18. The molecular formula is C15H20N4O. The second-order valence-electron chi connectivity index (χ2n) is 5.56. The summed E-state index contributed by atoms with van der Waals surface area (Å²) in [6, 6.07) is 6.01.